The lowest BCUT2D eigenvalue weighted by molar-refractivity contribution is -0.385. The van der Waals surface area contributed by atoms with Crippen LogP contribution in [0.15, 0.2) is 47.9 Å². The topological polar surface area (TPSA) is 121 Å². The molecule has 0 spiro atoms. The summed E-state index contributed by atoms with van der Waals surface area (Å²) >= 11 is 0. The molecule has 0 aliphatic carbocycles. The summed E-state index contributed by atoms with van der Waals surface area (Å²) in [4.78, 5) is 42.4. The summed E-state index contributed by atoms with van der Waals surface area (Å²) in [5.74, 6) is -0.251. The fourth-order valence-corrected chi connectivity index (χ4v) is 2.52. The molecule has 0 atom stereocenters. The maximum atomic E-state index is 11.3. The normalized spacial score (nSPS) is 11.0. The Hall–Kier alpha value is -3.62. The highest BCUT2D eigenvalue weighted by molar-refractivity contribution is 6.13. The summed E-state index contributed by atoms with van der Waals surface area (Å²) < 4.78 is 4.86. The van der Waals surface area contributed by atoms with Crippen LogP contribution in [0, 0.1) is 10.1 Å². The molecule has 0 radical (unpaired) electrons. The van der Waals surface area contributed by atoms with Crippen LogP contribution in [-0.2, 0) is 14.4 Å². The average molecular weight is 399 g/mol. The van der Waals surface area contributed by atoms with E-state index in [0.29, 0.717) is 49.0 Å². The van der Waals surface area contributed by atoms with Gasteiger partial charge in [-0.1, -0.05) is 5.16 Å². The Morgan fingerprint density at radius 1 is 1.28 bits per heavy atom. The molecule has 0 amide bonds. The molecule has 0 unspecified atom stereocenters. The van der Waals surface area contributed by atoms with Crippen molar-refractivity contribution in [3.05, 3.63) is 69.5 Å². The van der Waals surface area contributed by atoms with E-state index in [1.54, 1.807) is 31.5 Å². The Labute approximate surface area is 167 Å². The highest BCUT2D eigenvalue weighted by atomic mass is 16.6. The molecule has 0 N–H and O–H groups in total. The minimum atomic E-state index is -0.617. The number of nitro benzene ring substituents is 1. The number of benzene rings is 1. The number of nitrogens with zero attached hydrogens (tertiary/aromatic N) is 3. The molecule has 152 valence electrons. The van der Waals surface area contributed by atoms with Crippen LogP contribution in [0.2, 0.25) is 0 Å². The summed E-state index contributed by atoms with van der Waals surface area (Å²) in [6.45, 7) is 2.38. The van der Waals surface area contributed by atoms with Gasteiger partial charge >= 0.3 is 5.97 Å². The third-order valence-corrected chi connectivity index (χ3v) is 3.89. The smallest absolute Gasteiger partial charge is 0.305 e. The number of hydrogen-bond donors (Lipinski definition) is 0. The first-order valence-electron chi connectivity index (χ1n) is 9.06. The van der Waals surface area contributed by atoms with Crippen molar-refractivity contribution in [3.8, 4) is 0 Å². The minimum absolute atomic E-state index is 0.0569. The van der Waals surface area contributed by atoms with Crippen molar-refractivity contribution in [2.45, 2.75) is 26.2 Å². The fourth-order valence-electron chi connectivity index (χ4n) is 2.52. The van der Waals surface area contributed by atoms with Crippen LogP contribution in [0.25, 0.3) is 0 Å². The van der Waals surface area contributed by atoms with Crippen molar-refractivity contribution in [1.29, 1.82) is 0 Å². The molecule has 29 heavy (non-hydrogen) atoms. The molecule has 0 fully saturated rings. The van der Waals surface area contributed by atoms with Gasteiger partial charge in [0.25, 0.3) is 5.69 Å². The second-order valence-corrected chi connectivity index (χ2v) is 5.93. The SMILES string of the molecule is CCOC(=O)CCCCO/N=C(/c1cccnc1)c1ccc([N+](=O)[O-])c(C=O)c1. The molecule has 9 nitrogen and oxygen atoms in total. The molecule has 2 rings (SSSR count). The average Bonchev–Trinajstić information content (AvgIpc) is 2.73. The molecule has 0 aliphatic rings. The number of esters is 1. The third-order valence-electron chi connectivity index (χ3n) is 3.89. The summed E-state index contributed by atoms with van der Waals surface area (Å²) in [5, 5.41) is 15.2. The number of pyridine rings is 1. The van der Waals surface area contributed by atoms with Gasteiger partial charge in [-0.3, -0.25) is 24.7 Å². The summed E-state index contributed by atoms with van der Waals surface area (Å²) in [6, 6.07) is 7.63. The molecule has 9 heteroatoms. The fraction of sp³-hybridized carbons (Fsp3) is 0.300. The summed E-state index contributed by atoms with van der Waals surface area (Å²) in [6.07, 6.45) is 5.11. The Kier molecular flexibility index (Phi) is 8.43. The number of nitro groups is 1. The van der Waals surface area contributed by atoms with Gasteiger partial charge in [-0.25, -0.2) is 0 Å². The summed E-state index contributed by atoms with van der Waals surface area (Å²) in [5.41, 5.74) is 1.16. The van der Waals surface area contributed by atoms with E-state index in [0.717, 1.165) is 0 Å². The number of aromatic nitrogens is 1. The molecule has 0 aliphatic heterocycles. The van der Waals surface area contributed by atoms with Crippen LogP contribution < -0.4 is 0 Å². The van der Waals surface area contributed by atoms with Gasteiger partial charge in [-0.2, -0.15) is 0 Å². The number of aldehydes is 1. The van der Waals surface area contributed by atoms with Crippen LogP contribution in [0.5, 0.6) is 0 Å². The molecule has 0 saturated carbocycles. The monoisotopic (exact) mass is 399 g/mol. The molecule has 0 bridgehead atoms. The third kappa shape index (κ3) is 6.49. The highest BCUT2D eigenvalue weighted by Gasteiger charge is 2.17. The first kappa shape index (κ1) is 21.7. The van der Waals surface area contributed by atoms with Gasteiger partial charge < -0.3 is 9.57 Å². The van der Waals surface area contributed by atoms with Gasteiger partial charge in [-0.05, 0) is 44.0 Å². The minimum Gasteiger partial charge on any atom is -0.466 e. The standard InChI is InChI=1S/C20H21N3O6/c1-2-28-19(25)7-3-4-11-29-22-20(16-6-5-10-21-13-16)15-8-9-18(23(26)27)17(12-15)14-24/h5-6,8-10,12-14H,2-4,7,11H2,1H3/b22-20+. The van der Waals surface area contributed by atoms with E-state index < -0.39 is 4.92 Å². The summed E-state index contributed by atoms with van der Waals surface area (Å²) in [7, 11) is 0. The van der Waals surface area contributed by atoms with Crippen molar-refractivity contribution in [2.75, 3.05) is 13.2 Å². The van der Waals surface area contributed by atoms with Gasteiger partial charge in [0, 0.05) is 36.0 Å². The van der Waals surface area contributed by atoms with Crippen LogP contribution in [0.4, 0.5) is 5.69 Å². The number of hydrogen-bond acceptors (Lipinski definition) is 8. The molecule has 2 aromatic rings. The van der Waals surface area contributed by atoms with Gasteiger partial charge in [-0.15, -0.1) is 0 Å². The van der Waals surface area contributed by atoms with Crippen molar-refractivity contribution in [1.82, 2.24) is 4.98 Å². The number of unbranched alkanes of at least 4 members (excludes halogenated alkanes) is 1. The van der Waals surface area contributed by atoms with Crippen molar-refractivity contribution >= 4 is 23.7 Å². The maximum absolute atomic E-state index is 11.3. The Balaban J connectivity index is 2.14. The zero-order valence-corrected chi connectivity index (χ0v) is 15.9. The lowest BCUT2D eigenvalue weighted by Crippen LogP contribution is -2.07. The lowest BCUT2D eigenvalue weighted by atomic mass is 10.0. The van der Waals surface area contributed by atoms with Gasteiger partial charge in [0.2, 0.25) is 0 Å². The Morgan fingerprint density at radius 2 is 2.10 bits per heavy atom. The number of rotatable bonds is 11. The van der Waals surface area contributed by atoms with Gasteiger partial charge in [0.15, 0.2) is 6.29 Å². The van der Waals surface area contributed by atoms with E-state index in [1.165, 1.54) is 18.2 Å². The second kappa shape index (κ2) is 11.3. The molecule has 1 heterocycles. The van der Waals surface area contributed by atoms with E-state index in [9.17, 15) is 19.7 Å². The van der Waals surface area contributed by atoms with Crippen LogP contribution in [-0.4, -0.2) is 41.1 Å². The molecular formula is C20H21N3O6. The first-order chi connectivity index (χ1) is 14.1. The second-order valence-electron chi connectivity index (χ2n) is 5.93. The van der Waals surface area contributed by atoms with Gasteiger partial charge in [0.1, 0.15) is 12.3 Å². The van der Waals surface area contributed by atoms with E-state index in [4.69, 9.17) is 9.57 Å². The maximum Gasteiger partial charge on any atom is 0.305 e. The molecular weight excluding hydrogens is 378 g/mol. The van der Waals surface area contributed by atoms with Crippen molar-refractivity contribution in [3.63, 3.8) is 0 Å². The lowest BCUT2D eigenvalue weighted by Gasteiger charge is -2.08. The molecule has 1 aromatic carbocycles. The number of carbonyl (C=O) groups excluding carboxylic acids is 2. The predicted molar refractivity (Wildman–Crippen MR) is 105 cm³/mol. The van der Waals surface area contributed by atoms with Crippen molar-refractivity contribution in [2.24, 2.45) is 5.16 Å². The molecule has 1 aromatic heterocycles. The largest absolute Gasteiger partial charge is 0.466 e. The zero-order valence-electron chi connectivity index (χ0n) is 15.9. The highest BCUT2D eigenvalue weighted by Crippen LogP contribution is 2.21. The van der Waals surface area contributed by atoms with E-state index in [-0.39, 0.29) is 23.8 Å². The number of ether oxygens (including phenoxy) is 1. The number of carbonyl (C=O) groups is 2. The quantitative estimate of drug-likeness (QED) is 0.142. The van der Waals surface area contributed by atoms with Gasteiger partial charge in [0.05, 0.1) is 17.1 Å². The van der Waals surface area contributed by atoms with Crippen LogP contribution >= 0.6 is 0 Å². The predicted octanol–water partition coefficient (Wildman–Crippen LogP) is 3.30. The van der Waals surface area contributed by atoms with E-state index >= 15 is 0 Å². The molecule has 0 saturated heterocycles. The van der Waals surface area contributed by atoms with Crippen molar-refractivity contribution < 1.29 is 24.1 Å². The van der Waals surface area contributed by atoms with E-state index in [2.05, 4.69) is 10.1 Å². The zero-order chi connectivity index (χ0) is 21.1. The van der Waals surface area contributed by atoms with E-state index in [1.807, 2.05) is 0 Å². The van der Waals surface area contributed by atoms with Crippen LogP contribution in [0.1, 0.15) is 47.7 Å². The number of oxime groups is 1. The Bertz CT molecular complexity index is 883. The van der Waals surface area contributed by atoms with Crippen LogP contribution in [0.3, 0.4) is 0 Å². The first-order valence-corrected chi connectivity index (χ1v) is 9.06. The Morgan fingerprint density at radius 3 is 2.76 bits per heavy atom.